The second-order valence-electron chi connectivity index (χ2n) is 5.02. The summed E-state index contributed by atoms with van der Waals surface area (Å²) in [7, 11) is 0. The molecule has 0 radical (unpaired) electrons. The fourth-order valence-corrected chi connectivity index (χ4v) is 2.70. The molecule has 0 aliphatic carbocycles. The van der Waals surface area contributed by atoms with Crippen LogP contribution in [0.4, 0.5) is 14.5 Å². The quantitative estimate of drug-likeness (QED) is 0.544. The maximum atomic E-state index is 12.1. The molecule has 0 bridgehead atoms. The van der Waals surface area contributed by atoms with Crippen LogP contribution in [0.5, 0.6) is 5.75 Å². The van der Waals surface area contributed by atoms with Gasteiger partial charge < -0.3 is 15.8 Å². The van der Waals surface area contributed by atoms with Crippen molar-refractivity contribution in [3.05, 3.63) is 60.2 Å². The Labute approximate surface area is 153 Å². The summed E-state index contributed by atoms with van der Waals surface area (Å²) in [5, 5.41) is 2.72. The minimum absolute atomic E-state index is 0.0435. The molecule has 0 aliphatic rings. The summed E-state index contributed by atoms with van der Waals surface area (Å²) < 4.78 is 28.4. The zero-order valence-electron chi connectivity index (χ0n) is 13.5. The third-order valence-electron chi connectivity index (χ3n) is 3.05. The van der Waals surface area contributed by atoms with Crippen LogP contribution < -0.4 is 15.8 Å². The number of hydrogen-bond acceptors (Lipinski definition) is 4. The molecular formula is C18H16F2N2O3S. The summed E-state index contributed by atoms with van der Waals surface area (Å²) in [6.45, 7) is -2.88. The van der Waals surface area contributed by atoms with E-state index in [9.17, 15) is 18.4 Å². The summed E-state index contributed by atoms with van der Waals surface area (Å²) in [6.07, 6.45) is 2.86. The summed E-state index contributed by atoms with van der Waals surface area (Å²) in [6, 6.07) is 12.9. The van der Waals surface area contributed by atoms with Crippen molar-refractivity contribution in [1.82, 2.24) is 0 Å². The van der Waals surface area contributed by atoms with Crippen LogP contribution in [0.25, 0.3) is 6.08 Å². The zero-order valence-corrected chi connectivity index (χ0v) is 14.3. The number of para-hydroxylation sites is 1. The number of amides is 2. The molecule has 0 saturated carbocycles. The molecule has 3 N–H and O–H groups in total. The first-order valence-corrected chi connectivity index (χ1v) is 8.46. The van der Waals surface area contributed by atoms with Gasteiger partial charge in [-0.15, -0.1) is 11.8 Å². The van der Waals surface area contributed by atoms with Gasteiger partial charge in [0.05, 0.1) is 11.4 Å². The van der Waals surface area contributed by atoms with E-state index in [0.717, 1.165) is 4.90 Å². The second kappa shape index (κ2) is 9.57. The lowest BCUT2D eigenvalue weighted by Crippen LogP contribution is -2.13. The number of rotatable bonds is 8. The molecular weight excluding hydrogens is 362 g/mol. The van der Waals surface area contributed by atoms with Gasteiger partial charge in [-0.3, -0.25) is 9.59 Å². The highest BCUT2D eigenvalue weighted by molar-refractivity contribution is 8.00. The van der Waals surface area contributed by atoms with Gasteiger partial charge >= 0.3 is 6.61 Å². The summed E-state index contributed by atoms with van der Waals surface area (Å²) in [4.78, 5) is 23.7. The van der Waals surface area contributed by atoms with Crippen molar-refractivity contribution in [2.75, 3.05) is 11.1 Å². The molecule has 0 aromatic heterocycles. The average Bonchev–Trinajstić information content (AvgIpc) is 2.60. The average molecular weight is 378 g/mol. The third kappa shape index (κ3) is 6.56. The number of alkyl halides is 2. The fraction of sp³-hybridized carbons (Fsp3) is 0.111. The predicted octanol–water partition coefficient (Wildman–Crippen LogP) is 3.52. The Morgan fingerprint density at radius 3 is 2.50 bits per heavy atom. The number of hydrogen-bond donors (Lipinski definition) is 2. The van der Waals surface area contributed by atoms with Gasteiger partial charge in [0, 0.05) is 11.0 Å². The molecule has 2 rings (SSSR count). The molecule has 5 nitrogen and oxygen atoms in total. The van der Waals surface area contributed by atoms with Crippen LogP contribution in [0.2, 0.25) is 0 Å². The highest BCUT2D eigenvalue weighted by atomic mass is 32.2. The lowest BCUT2D eigenvalue weighted by Gasteiger charge is -2.08. The molecule has 0 saturated heterocycles. The fourth-order valence-electron chi connectivity index (χ4n) is 1.95. The minimum Gasteiger partial charge on any atom is -0.435 e. The maximum absolute atomic E-state index is 12.1. The van der Waals surface area contributed by atoms with Gasteiger partial charge in [-0.2, -0.15) is 8.78 Å². The van der Waals surface area contributed by atoms with Gasteiger partial charge in [-0.25, -0.2) is 0 Å². The number of nitrogens with one attached hydrogen (secondary N) is 1. The number of primary amides is 1. The Balaban J connectivity index is 1.98. The van der Waals surface area contributed by atoms with E-state index in [1.807, 2.05) is 0 Å². The lowest BCUT2D eigenvalue weighted by atomic mass is 10.2. The Bertz CT molecular complexity index is 795. The van der Waals surface area contributed by atoms with E-state index in [0.29, 0.717) is 11.3 Å². The van der Waals surface area contributed by atoms with Crippen LogP contribution in [0.15, 0.2) is 59.5 Å². The van der Waals surface area contributed by atoms with Gasteiger partial charge in [0.1, 0.15) is 5.75 Å². The van der Waals surface area contributed by atoms with Crippen molar-refractivity contribution in [3.63, 3.8) is 0 Å². The van der Waals surface area contributed by atoms with E-state index in [4.69, 9.17) is 5.73 Å². The Kier molecular flexibility index (Phi) is 7.16. The van der Waals surface area contributed by atoms with Crippen molar-refractivity contribution < 1.29 is 23.1 Å². The van der Waals surface area contributed by atoms with E-state index in [1.54, 1.807) is 42.5 Å². The van der Waals surface area contributed by atoms with Gasteiger partial charge in [0.15, 0.2) is 0 Å². The maximum Gasteiger partial charge on any atom is 0.387 e. The van der Waals surface area contributed by atoms with E-state index in [-0.39, 0.29) is 17.4 Å². The molecule has 0 heterocycles. The molecule has 0 fully saturated rings. The third-order valence-corrected chi connectivity index (χ3v) is 4.14. The lowest BCUT2D eigenvalue weighted by molar-refractivity contribution is -0.115. The van der Waals surface area contributed by atoms with Crippen molar-refractivity contribution in [3.8, 4) is 5.75 Å². The minimum atomic E-state index is -2.88. The Morgan fingerprint density at radius 2 is 1.85 bits per heavy atom. The van der Waals surface area contributed by atoms with Crippen molar-refractivity contribution >= 4 is 35.3 Å². The molecule has 0 unspecified atom stereocenters. The standard InChI is InChI=1S/C18H16F2N2O3S/c19-18(20)25-13-8-5-12(6-9-13)7-10-17(24)22-14-3-1-2-4-15(14)26-11-16(21)23/h1-10,18H,11H2,(H2,21,23)(H,22,24)/b10-7+. The molecule has 0 spiro atoms. The number of benzene rings is 2. The van der Waals surface area contributed by atoms with Crippen LogP contribution in [0.3, 0.4) is 0 Å². The smallest absolute Gasteiger partial charge is 0.387 e. The highest BCUT2D eigenvalue weighted by Gasteiger charge is 2.07. The summed E-state index contributed by atoms with van der Waals surface area (Å²) in [5.74, 6) is -0.669. The van der Waals surface area contributed by atoms with E-state index in [2.05, 4.69) is 10.1 Å². The number of halogens is 2. The normalized spacial score (nSPS) is 10.9. The number of ether oxygens (including phenoxy) is 1. The second-order valence-corrected chi connectivity index (χ2v) is 6.04. The van der Waals surface area contributed by atoms with Crippen LogP contribution in [0.1, 0.15) is 5.56 Å². The molecule has 0 aliphatic heterocycles. The first-order chi connectivity index (χ1) is 12.4. The van der Waals surface area contributed by atoms with E-state index >= 15 is 0 Å². The molecule has 8 heteroatoms. The van der Waals surface area contributed by atoms with Crippen molar-refractivity contribution in [2.45, 2.75) is 11.5 Å². The number of carbonyl (C=O) groups excluding carboxylic acids is 2. The summed E-state index contributed by atoms with van der Waals surface area (Å²) in [5.41, 5.74) is 6.35. The number of carbonyl (C=O) groups is 2. The van der Waals surface area contributed by atoms with Gasteiger partial charge in [-0.05, 0) is 35.9 Å². The molecule has 136 valence electrons. The van der Waals surface area contributed by atoms with Gasteiger partial charge in [0.2, 0.25) is 11.8 Å². The monoisotopic (exact) mass is 378 g/mol. The SMILES string of the molecule is NC(=O)CSc1ccccc1NC(=O)/C=C/c1ccc(OC(F)F)cc1. The molecule has 26 heavy (non-hydrogen) atoms. The highest BCUT2D eigenvalue weighted by Crippen LogP contribution is 2.26. The topological polar surface area (TPSA) is 81.4 Å². The van der Waals surface area contributed by atoms with Crippen molar-refractivity contribution in [1.29, 1.82) is 0 Å². The first kappa shape index (κ1) is 19.5. The molecule has 2 amide bonds. The first-order valence-electron chi connectivity index (χ1n) is 7.48. The molecule has 0 atom stereocenters. The zero-order chi connectivity index (χ0) is 18.9. The van der Waals surface area contributed by atoms with E-state index < -0.39 is 12.5 Å². The predicted molar refractivity (Wildman–Crippen MR) is 97.1 cm³/mol. The number of nitrogens with two attached hydrogens (primary N) is 1. The van der Waals surface area contributed by atoms with E-state index in [1.165, 1.54) is 30.0 Å². The van der Waals surface area contributed by atoms with Gasteiger partial charge in [-0.1, -0.05) is 24.3 Å². The van der Waals surface area contributed by atoms with Crippen molar-refractivity contribution in [2.24, 2.45) is 5.73 Å². The van der Waals surface area contributed by atoms with Crippen LogP contribution in [0, 0.1) is 0 Å². The summed E-state index contributed by atoms with van der Waals surface area (Å²) >= 11 is 1.23. The van der Waals surface area contributed by atoms with Gasteiger partial charge in [0.25, 0.3) is 0 Å². The Hall–Kier alpha value is -2.87. The molecule has 2 aromatic rings. The Morgan fingerprint density at radius 1 is 1.15 bits per heavy atom. The van der Waals surface area contributed by atoms with Crippen LogP contribution >= 0.6 is 11.8 Å². The van der Waals surface area contributed by atoms with Crippen LogP contribution in [-0.2, 0) is 9.59 Å². The number of anilines is 1. The molecule has 2 aromatic carbocycles. The largest absolute Gasteiger partial charge is 0.435 e. The van der Waals surface area contributed by atoms with Crippen LogP contribution in [-0.4, -0.2) is 24.2 Å². The number of thioether (sulfide) groups is 1.